The second-order valence-corrected chi connectivity index (χ2v) is 10.8. The Balaban J connectivity index is 1.42. The van der Waals surface area contributed by atoms with Crippen LogP contribution < -0.4 is 10.2 Å². The molecule has 0 spiro atoms. The molecule has 2 aliphatic rings. The molecule has 1 amide bonds. The van der Waals surface area contributed by atoms with Crippen LogP contribution in [0.2, 0.25) is 5.02 Å². The molecule has 8 heteroatoms. The summed E-state index contributed by atoms with van der Waals surface area (Å²) in [4.78, 5) is 15.3. The van der Waals surface area contributed by atoms with Crippen molar-refractivity contribution in [2.45, 2.75) is 50.0 Å². The summed E-state index contributed by atoms with van der Waals surface area (Å²) in [6.07, 6.45) is 6.51. The van der Waals surface area contributed by atoms with Gasteiger partial charge in [-0.05, 0) is 68.0 Å². The molecule has 0 atom stereocenters. The van der Waals surface area contributed by atoms with Gasteiger partial charge in [-0.15, -0.1) is 0 Å². The summed E-state index contributed by atoms with van der Waals surface area (Å²) in [5, 5.41) is 3.10. The molecule has 0 radical (unpaired) electrons. The first-order valence-corrected chi connectivity index (χ1v) is 13.2. The highest BCUT2D eigenvalue weighted by atomic mass is 35.5. The van der Waals surface area contributed by atoms with Crippen molar-refractivity contribution in [3.8, 4) is 0 Å². The second-order valence-electron chi connectivity index (χ2n) is 8.50. The first kappa shape index (κ1) is 23.1. The Hall–Kier alpha value is -2.09. The number of hydrogen-bond donors (Lipinski definition) is 1. The van der Waals surface area contributed by atoms with E-state index in [4.69, 9.17) is 11.6 Å². The fraction of sp³-hybridized carbons (Fsp3) is 0.458. The third-order valence-electron chi connectivity index (χ3n) is 6.25. The molecule has 6 nitrogen and oxygen atoms in total. The standard InChI is InChI=1S/C24H30ClN3O3S/c25-23-12-11-21(32(30,31)28-15-5-2-6-16-28)17-22(23)24(29)26-18-19-7-9-20(10-8-19)27-13-3-1-4-14-27/h7-12,17H,1-6,13-16,18H2,(H,26,29). The van der Waals surface area contributed by atoms with Crippen LogP contribution in [0.3, 0.4) is 0 Å². The van der Waals surface area contributed by atoms with E-state index in [0.717, 1.165) is 37.9 Å². The van der Waals surface area contributed by atoms with Crippen molar-refractivity contribution in [3.63, 3.8) is 0 Å². The van der Waals surface area contributed by atoms with Gasteiger partial charge in [-0.2, -0.15) is 4.31 Å². The lowest BCUT2D eigenvalue weighted by molar-refractivity contribution is 0.0951. The van der Waals surface area contributed by atoms with Crippen molar-refractivity contribution in [2.75, 3.05) is 31.1 Å². The molecule has 2 aromatic carbocycles. The molecular weight excluding hydrogens is 446 g/mol. The summed E-state index contributed by atoms with van der Waals surface area (Å²) < 4.78 is 27.4. The first-order valence-electron chi connectivity index (χ1n) is 11.4. The number of carbonyl (C=O) groups excluding carboxylic acids is 1. The number of carbonyl (C=O) groups is 1. The largest absolute Gasteiger partial charge is 0.372 e. The number of halogens is 1. The van der Waals surface area contributed by atoms with Crippen LogP contribution >= 0.6 is 11.6 Å². The van der Waals surface area contributed by atoms with E-state index in [-0.39, 0.29) is 21.4 Å². The Morgan fingerprint density at radius 2 is 1.50 bits per heavy atom. The molecule has 2 heterocycles. The molecule has 32 heavy (non-hydrogen) atoms. The zero-order valence-electron chi connectivity index (χ0n) is 18.2. The molecule has 2 aliphatic heterocycles. The third-order valence-corrected chi connectivity index (χ3v) is 8.47. The van der Waals surface area contributed by atoms with Gasteiger partial charge in [-0.3, -0.25) is 4.79 Å². The average Bonchev–Trinajstić information content (AvgIpc) is 2.84. The van der Waals surface area contributed by atoms with E-state index in [0.29, 0.717) is 19.6 Å². The van der Waals surface area contributed by atoms with Crippen LogP contribution in [0.25, 0.3) is 0 Å². The second kappa shape index (κ2) is 10.2. The smallest absolute Gasteiger partial charge is 0.253 e. The van der Waals surface area contributed by atoms with Gasteiger partial charge in [0.2, 0.25) is 10.0 Å². The van der Waals surface area contributed by atoms with Crippen LogP contribution in [0.1, 0.15) is 54.4 Å². The van der Waals surface area contributed by atoms with Crippen molar-refractivity contribution >= 4 is 33.2 Å². The summed E-state index contributed by atoms with van der Waals surface area (Å²) in [5.41, 5.74) is 2.36. The molecule has 2 fully saturated rings. The number of piperidine rings is 2. The topological polar surface area (TPSA) is 69.7 Å². The Kier molecular flexibility index (Phi) is 7.38. The fourth-order valence-corrected chi connectivity index (χ4v) is 6.09. The Bertz CT molecular complexity index is 1040. The van der Waals surface area contributed by atoms with E-state index in [1.54, 1.807) is 0 Å². The van der Waals surface area contributed by atoms with Gasteiger partial charge in [0, 0.05) is 38.4 Å². The number of sulfonamides is 1. The maximum Gasteiger partial charge on any atom is 0.253 e. The van der Waals surface area contributed by atoms with Crippen molar-refractivity contribution in [1.29, 1.82) is 0 Å². The molecule has 0 aromatic heterocycles. The highest BCUT2D eigenvalue weighted by molar-refractivity contribution is 7.89. The quantitative estimate of drug-likeness (QED) is 0.670. The lowest BCUT2D eigenvalue weighted by Crippen LogP contribution is -2.35. The minimum Gasteiger partial charge on any atom is -0.372 e. The van der Waals surface area contributed by atoms with E-state index in [9.17, 15) is 13.2 Å². The van der Waals surface area contributed by atoms with Gasteiger partial charge in [0.05, 0.1) is 15.5 Å². The van der Waals surface area contributed by atoms with Crippen molar-refractivity contribution in [3.05, 3.63) is 58.6 Å². The maximum atomic E-state index is 13.0. The predicted octanol–water partition coefficient (Wildman–Crippen LogP) is 4.43. The molecule has 4 rings (SSSR count). The van der Waals surface area contributed by atoms with E-state index in [2.05, 4.69) is 22.3 Å². The van der Waals surface area contributed by atoms with Gasteiger partial charge in [-0.1, -0.05) is 30.2 Å². The Labute approximate surface area is 195 Å². The van der Waals surface area contributed by atoms with Gasteiger partial charge >= 0.3 is 0 Å². The number of nitrogens with one attached hydrogen (secondary N) is 1. The Morgan fingerprint density at radius 1 is 0.875 bits per heavy atom. The average molecular weight is 476 g/mol. The molecule has 1 N–H and O–H groups in total. The van der Waals surface area contributed by atoms with Crippen LogP contribution in [-0.4, -0.2) is 44.8 Å². The zero-order chi connectivity index (χ0) is 22.6. The number of nitrogens with zero attached hydrogens (tertiary/aromatic N) is 2. The van der Waals surface area contributed by atoms with E-state index >= 15 is 0 Å². The van der Waals surface area contributed by atoms with Crippen LogP contribution in [-0.2, 0) is 16.6 Å². The van der Waals surface area contributed by atoms with Gasteiger partial charge < -0.3 is 10.2 Å². The Morgan fingerprint density at radius 3 is 2.16 bits per heavy atom. The number of benzene rings is 2. The molecule has 0 unspecified atom stereocenters. The van der Waals surface area contributed by atoms with Crippen LogP contribution in [0.15, 0.2) is 47.4 Å². The summed E-state index contributed by atoms with van der Waals surface area (Å²) in [7, 11) is -3.63. The number of amides is 1. The lowest BCUT2D eigenvalue weighted by Gasteiger charge is -2.28. The van der Waals surface area contributed by atoms with Gasteiger partial charge in [0.15, 0.2) is 0 Å². The molecule has 0 saturated carbocycles. The zero-order valence-corrected chi connectivity index (χ0v) is 19.8. The summed E-state index contributed by atoms with van der Waals surface area (Å²) in [6.45, 7) is 3.55. The molecular formula is C24H30ClN3O3S. The highest BCUT2D eigenvalue weighted by Gasteiger charge is 2.27. The van der Waals surface area contributed by atoms with Crippen LogP contribution in [0.5, 0.6) is 0 Å². The van der Waals surface area contributed by atoms with Crippen molar-refractivity contribution < 1.29 is 13.2 Å². The highest BCUT2D eigenvalue weighted by Crippen LogP contribution is 2.25. The van der Waals surface area contributed by atoms with Crippen LogP contribution in [0, 0.1) is 0 Å². The predicted molar refractivity (Wildman–Crippen MR) is 128 cm³/mol. The van der Waals surface area contributed by atoms with E-state index in [1.165, 1.54) is 47.5 Å². The number of rotatable bonds is 6. The van der Waals surface area contributed by atoms with Crippen molar-refractivity contribution in [1.82, 2.24) is 9.62 Å². The molecule has 2 aromatic rings. The normalized spacial score (nSPS) is 17.8. The first-order chi connectivity index (χ1) is 15.4. The lowest BCUT2D eigenvalue weighted by atomic mass is 10.1. The summed E-state index contributed by atoms with van der Waals surface area (Å²) >= 11 is 6.24. The molecule has 172 valence electrons. The number of anilines is 1. The minimum atomic E-state index is -3.63. The summed E-state index contributed by atoms with van der Waals surface area (Å²) in [5.74, 6) is -0.384. The van der Waals surface area contributed by atoms with Crippen LogP contribution in [0.4, 0.5) is 5.69 Å². The van der Waals surface area contributed by atoms with E-state index < -0.39 is 10.0 Å². The maximum absolute atomic E-state index is 13.0. The molecule has 0 aliphatic carbocycles. The van der Waals surface area contributed by atoms with Gasteiger partial charge in [0.1, 0.15) is 0 Å². The van der Waals surface area contributed by atoms with Gasteiger partial charge in [-0.25, -0.2) is 8.42 Å². The third kappa shape index (κ3) is 5.27. The van der Waals surface area contributed by atoms with E-state index in [1.807, 2.05) is 12.1 Å². The molecule has 0 bridgehead atoms. The number of hydrogen-bond acceptors (Lipinski definition) is 4. The minimum absolute atomic E-state index is 0.111. The van der Waals surface area contributed by atoms with Crippen molar-refractivity contribution in [2.24, 2.45) is 0 Å². The fourth-order valence-electron chi connectivity index (χ4n) is 4.35. The SMILES string of the molecule is O=C(NCc1ccc(N2CCCCC2)cc1)c1cc(S(=O)(=O)N2CCCCC2)ccc1Cl. The summed E-state index contributed by atoms with van der Waals surface area (Å²) in [6, 6.07) is 12.6. The monoisotopic (exact) mass is 475 g/mol. The van der Waals surface area contributed by atoms with Gasteiger partial charge in [0.25, 0.3) is 5.91 Å². The molecule has 2 saturated heterocycles.